The fourth-order valence-corrected chi connectivity index (χ4v) is 2.19. The minimum absolute atomic E-state index is 0.157. The molecule has 1 aromatic carbocycles. The predicted molar refractivity (Wildman–Crippen MR) is 69.2 cm³/mol. The Morgan fingerprint density at radius 1 is 1.53 bits per heavy atom. The van der Waals surface area contributed by atoms with Crippen LogP contribution in [0.5, 0.6) is 0 Å². The highest BCUT2D eigenvalue weighted by Crippen LogP contribution is 2.26. The lowest BCUT2D eigenvalue weighted by Gasteiger charge is -2.07. The summed E-state index contributed by atoms with van der Waals surface area (Å²) >= 11 is 1.53. The molecule has 0 aliphatic heterocycles. The molecule has 0 heterocycles. The summed E-state index contributed by atoms with van der Waals surface area (Å²) in [6.45, 7) is 2.28. The Hall–Kier alpha value is -1.20. The summed E-state index contributed by atoms with van der Waals surface area (Å²) in [7, 11) is 0. The van der Waals surface area contributed by atoms with Gasteiger partial charge in [-0.15, -0.1) is 11.8 Å². The molecule has 1 rings (SSSR count). The molecule has 0 saturated carbocycles. The van der Waals surface area contributed by atoms with Gasteiger partial charge in [0.2, 0.25) is 0 Å². The molecular formula is C12H17NO3S. The number of esters is 1. The van der Waals surface area contributed by atoms with Gasteiger partial charge in [0.05, 0.1) is 12.2 Å². The molecule has 0 aliphatic carbocycles. The molecule has 5 heteroatoms. The number of benzene rings is 1. The molecule has 3 N–H and O–H groups in total. The van der Waals surface area contributed by atoms with Crippen molar-refractivity contribution in [3.05, 3.63) is 23.8 Å². The van der Waals surface area contributed by atoms with Crippen LogP contribution in [0.3, 0.4) is 0 Å². The number of hydrogen-bond donors (Lipinski definition) is 2. The van der Waals surface area contributed by atoms with E-state index >= 15 is 0 Å². The number of ether oxygens (including phenoxy) is 1. The Kier molecular flexibility index (Phi) is 5.86. The van der Waals surface area contributed by atoms with Crippen LogP contribution in [0.4, 0.5) is 5.69 Å². The van der Waals surface area contributed by atoms with Gasteiger partial charge in [0, 0.05) is 22.9 Å². The molecule has 0 saturated heterocycles. The first-order valence-electron chi connectivity index (χ1n) is 5.49. The van der Waals surface area contributed by atoms with Gasteiger partial charge in [-0.25, -0.2) is 4.79 Å². The van der Waals surface area contributed by atoms with Crippen LogP contribution >= 0.6 is 11.8 Å². The molecule has 0 radical (unpaired) electrons. The number of anilines is 1. The SMILES string of the molecule is CCOC(=O)c1ccc(N)c(SCCCO)c1. The van der Waals surface area contributed by atoms with Crippen molar-refractivity contribution < 1.29 is 14.6 Å². The number of hydrogen-bond acceptors (Lipinski definition) is 5. The van der Waals surface area contributed by atoms with Crippen molar-refractivity contribution in [3.63, 3.8) is 0 Å². The number of aliphatic hydroxyl groups excluding tert-OH is 1. The van der Waals surface area contributed by atoms with E-state index in [1.807, 2.05) is 0 Å². The normalized spacial score (nSPS) is 10.2. The van der Waals surface area contributed by atoms with Gasteiger partial charge in [-0.3, -0.25) is 0 Å². The topological polar surface area (TPSA) is 72.5 Å². The Labute approximate surface area is 105 Å². The van der Waals surface area contributed by atoms with Gasteiger partial charge in [-0.1, -0.05) is 0 Å². The van der Waals surface area contributed by atoms with Crippen molar-refractivity contribution in [3.8, 4) is 0 Å². The summed E-state index contributed by atoms with van der Waals surface area (Å²) in [5, 5.41) is 8.71. The second-order valence-electron chi connectivity index (χ2n) is 3.40. The van der Waals surface area contributed by atoms with E-state index in [0.717, 1.165) is 10.6 Å². The first kappa shape index (κ1) is 13.9. The number of nitrogen functional groups attached to an aromatic ring is 1. The smallest absolute Gasteiger partial charge is 0.338 e. The van der Waals surface area contributed by atoms with Crippen LogP contribution in [-0.4, -0.2) is 30.0 Å². The number of carbonyl (C=O) groups excluding carboxylic acids is 1. The van der Waals surface area contributed by atoms with E-state index < -0.39 is 0 Å². The zero-order chi connectivity index (χ0) is 12.7. The predicted octanol–water partition coefficient (Wildman–Crippen LogP) is 1.92. The van der Waals surface area contributed by atoms with Crippen molar-refractivity contribution in [1.82, 2.24) is 0 Å². The van der Waals surface area contributed by atoms with Crippen LogP contribution in [-0.2, 0) is 4.74 Å². The fourth-order valence-electron chi connectivity index (χ4n) is 1.25. The number of thioether (sulfide) groups is 1. The molecule has 0 aliphatic rings. The highest BCUT2D eigenvalue weighted by molar-refractivity contribution is 7.99. The number of aliphatic hydroxyl groups is 1. The van der Waals surface area contributed by atoms with E-state index in [1.54, 1.807) is 25.1 Å². The Balaban J connectivity index is 2.75. The first-order valence-corrected chi connectivity index (χ1v) is 6.48. The van der Waals surface area contributed by atoms with Gasteiger partial charge >= 0.3 is 5.97 Å². The van der Waals surface area contributed by atoms with E-state index in [-0.39, 0.29) is 12.6 Å². The summed E-state index contributed by atoms with van der Waals surface area (Å²) in [5.41, 5.74) is 6.96. The van der Waals surface area contributed by atoms with Crippen molar-refractivity contribution in [1.29, 1.82) is 0 Å². The minimum atomic E-state index is -0.337. The molecular weight excluding hydrogens is 238 g/mol. The fraction of sp³-hybridized carbons (Fsp3) is 0.417. The van der Waals surface area contributed by atoms with Gasteiger partial charge in [-0.2, -0.15) is 0 Å². The van der Waals surface area contributed by atoms with Crippen LogP contribution in [0.2, 0.25) is 0 Å². The van der Waals surface area contributed by atoms with Crippen molar-refractivity contribution in [2.45, 2.75) is 18.2 Å². The molecule has 94 valence electrons. The lowest BCUT2D eigenvalue weighted by Crippen LogP contribution is -2.05. The molecule has 17 heavy (non-hydrogen) atoms. The Morgan fingerprint density at radius 2 is 2.29 bits per heavy atom. The van der Waals surface area contributed by atoms with Gasteiger partial charge in [-0.05, 0) is 31.5 Å². The van der Waals surface area contributed by atoms with E-state index in [2.05, 4.69) is 0 Å². The van der Waals surface area contributed by atoms with E-state index in [9.17, 15) is 4.79 Å². The highest BCUT2D eigenvalue weighted by atomic mass is 32.2. The van der Waals surface area contributed by atoms with E-state index in [1.165, 1.54) is 11.8 Å². The monoisotopic (exact) mass is 255 g/mol. The number of nitrogens with two attached hydrogens (primary N) is 1. The number of rotatable bonds is 6. The molecule has 0 spiro atoms. The molecule has 0 unspecified atom stereocenters. The van der Waals surface area contributed by atoms with Gasteiger partial charge in [0.1, 0.15) is 0 Å². The zero-order valence-electron chi connectivity index (χ0n) is 9.81. The number of carbonyl (C=O) groups is 1. The van der Waals surface area contributed by atoms with E-state index in [4.69, 9.17) is 15.6 Å². The van der Waals surface area contributed by atoms with Crippen LogP contribution in [0.25, 0.3) is 0 Å². The Bertz CT molecular complexity index is 382. The molecule has 0 aromatic heterocycles. The maximum atomic E-state index is 11.5. The summed E-state index contributed by atoms with van der Waals surface area (Å²) < 4.78 is 4.92. The molecule has 0 fully saturated rings. The lowest BCUT2D eigenvalue weighted by atomic mass is 10.2. The van der Waals surface area contributed by atoms with Crippen LogP contribution in [0.15, 0.2) is 23.1 Å². The second kappa shape index (κ2) is 7.19. The van der Waals surface area contributed by atoms with Crippen LogP contribution in [0, 0.1) is 0 Å². The molecule has 1 aromatic rings. The summed E-state index contributed by atoms with van der Waals surface area (Å²) in [5.74, 6) is 0.434. The van der Waals surface area contributed by atoms with Crippen molar-refractivity contribution in [2.24, 2.45) is 0 Å². The van der Waals surface area contributed by atoms with Crippen LogP contribution in [0.1, 0.15) is 23.7 Å². The highest BCUT2D eigenvalue weighted by Gasteiger charge is 2.09. The standard InChI is InChI=1S/C12H17NO3S/c1-2-16-12(15)9-4-5-10(13)11(8-9)17-7-3-6-14/h4-5,8,14H,2-3,6-7,13H2,1H3. The summed E-state index contributed by atoms with van der Waals surface area (Å²) in [6.07, 6.45) is 0.702. The van der Waals surface area contributed by atoms with E-state index in [0.29, 0.717) is 24.3 Å². The third-order valence-corrected chi connectivity index (χ3v) is 3.24. The Morgan fingerprint density at radius 3 is 2.94 bits per heavy atom. The molecule has 0 amide bonds. The van der Waals surface area contributed by atoms with Gasteiger partial charge in [0.15, 0.2) is 0 Å². The maximum absolute atomic E-state index is 11.5. The minimum Gasteiger partial charge on any atom is -0.462 e. The average molecular weight is 255 g/mol. The largest absolute Gasteiger partial charge is 0.462 e. The molecule has 4 nitrogen and oxygen atoms in total. The zero-order valence-corrected chi connectivity index (χ0v) is 10.6. The van der Waals surface area contributed by atoms with Crippen molar-refractivity contribution >= 4 is 23.4 Å². The van der Waals surface area contributed by atoms with Crippen LogP contribution < -0.4 is 5.73 Å². The third kappa shape index (κ3) is 4.28. The first-order chi connectivity index (χ1) is 8.19. The summed E-state index contributed by atoms with van der Waals surface area (Å²) in [6, 6.07) is 5.09. The second-order valence-corrected chi connectivity index (χ2v) is 4.54. The third-order valence-electron chi connectivity index (χ3n) is 2.08. The quantitative estimate of drug-likeness (QED) is 0.351. The van der Waals surface area contributed by atoms with Gasteiger partial charge in [0.25, 0.3) is 0 Å². The maximum Gasteiger partial charge on any atom is 0.338 e. The molecule has 0 bridgehead atoms. The summed E-state index contributed by atoms with van der Waals surface area (Å²) in [4.78, 5) is 12.4. The molecule has 0 atom stereocenters. The van der Waals surface area contributed by atoms with Gasteiger partial charge < -0.3 is 15.6 Å². The van der Waals surface area contributed by atoms with Crippen molar-refractivity contribution in [2.75, 3.05) is 24.7 Å². The average Bonchev–Trinajstić information content (AvgIpc) is 2.32. The lowest BCUT2D eigenvalue weighted by molar-refractivity contribution is 0.0526.